The molecule has 2 aromatic carbocycles. The molecule has 2 N–H and O–H groups in total. The highest BCUT2D eigenvalue weighted by Crippen LogP contribution is 2.39. The maximum atomic E-state index is 12.7. The smallest absolute Gasteiger partial charge is 0.271 e. The van der Waals surface area contributed by atoms with Gasteiger partial charge >= 0.3 is 0 Å². The monoisotopic (exact) mass is 377 g/mol. The van der Waals surface area contributed by atoms with Crippen molar-refractivity contribution in [3.05, 3.63) is 64.2 Å². The Hall–Kier alpha value is -3.13. The average molecular weight is 377 g/mol. The van der Waals surface area contributed by atoms with Crippen LogP contribution in [0.15, 0.2) is 41.5 Å². The molecule has 1 amide bonds. The fraction of sp³-hybridized carbons (Fsp3) is 0.348. The lowest BCUT2D eigenvalue weighted by Gasteiger charge is -2.28. The standard InChI is InChI=1S/C23H27N3O2/c1-22(2,3)18-11-17(12-19(20(18)27)23(4,5)6)21(28)26-25-14-16-9-7-15(13-24)8-10-16/h7-12,14,27H,1-6H3,(H,26,28). The first kappa shape index (κ1) is 21.2. The molecule has 0 spiro atoms. The Bertz CT molecular complexity index is 903. The van der Waals surface area contributed by atoms with E-state index in [1.165, 1.54) is 6.21 Å². The third-order valence-electron chi connectivity index (χ3n) is 4.41. The molecule has 0 aliphatic heterocycles. The zero-order valence-corrected chi connectivity index (χ0v) is 17.3. The van der Waals surface area contributed by atoms with Crippen LogP contribution >= 0.6 is 0 Å². The molecule has 0 unspecified atom stereocenters. The lowest BCUT2D eigenvalue weighted by molar-refractivity contribution is 0.0955. The molecule has 146 valence electrons. The highest BCUT2D eigenvalue weighted by Gasteiger charge is 2.27. The van der Waals surface area contributed by atoms with Crippen LogP contribution in [0.1, 0.15) is 74.2 Å². The maximum Gasteiger partial charge on any atom is 0.271 e. The summed E-state index contributed by atoms with van der Waals surface area (Å²) < 4.78 is 0. The van der Waals surface area contributed by atoms with E-state index in [4.69, 9.17) is 5.26 Å². The number of hydrogen-bond acceptors (Lipinski definition) is 4. The summed E-state index contributed by atoms with van der Waals surface area (Å²) in [6, 6.07) is 12.4. The minimum Gasteiger partial charge on any atom is -0.507 e. The fourth-order valence-electron chi connectivity index (χ4n) is 2.78. The second kappa shape index (κ2) is 7.85. The number of phenolic OH excluding ortho intramolecular Hbond substituents is 1. The first-order valence-corrected chi connectivity index (χ1v) is 9.15. The number of amides is 1. The Morgan fingerprint density at radius 2 is 1.54 bits per heavy atom. The largest absolute Gasteiger partial charge is 0.507 e. The number of carbonyl (C=O) groups excluding carboxylic acids is 1. The SMILES string of the molecule is CC(C)(C)c1cc(C(=O)NN=Cc2ccc(C#N)cc2)cc(C(C)(C)C)c1O. The minimum absolute atomic E-state index is 0.234. The summed E-state index contributed by atoms with van der Waals surface area (Å²) in [6.45, 7) is 12.0. The van der Waals surface area contributed by atoms with Gasteiger partial charge in [-0.2, -0.15) is 10.4 Å². The molecule has 5 nitrogen and oxygen atoms in total. The molecule has 5 heteroatoms. The van der Waals surface area contributed by atoms with E-state index < -0.39 is 0 Å². The van der Waals surface area contributed by atoms with Crippen molar-refractivity contribution in [1.82, 2.24) is 5.43 Å². The number of phenols is 1. The molecule has 0 fully saturated rings. The van der Waals surface area contributed by atoms with Gasteiger partial charge in [-0.15, -0.1) is 0 Å². The van der Waals surface area contributed by atoms with E-state index in [0.29, 0.717) is 11.1 Å². The van der Waals surface area contributed by atoms with Crippen LogP contribution in [0.4, 0.5) is 0 Å². The number of rotatable bonds is 3. The molecule has 0 aliphatic rings. The third kappa shape index (κ3) is 4.98. The van der Waals surface area contributed by atoms with Crippen molar-refractivity contribution >= 4 is 12.1 Å². The predicted molar refractivity (Wildman–Crippen MR) is 112 cm³/mol. The molecule has 0 saturated carbocycles. The third-order valence-corrected chi connectivity index (χ3v) is 4.41. The van der Waals surface area contributed by atoms with Crippen molar-refractivity contribution in [2.45, 2.75) is 52.4 Å². The van der Waals surface area contributed by atoms with Gasteiger partial charge in [0.25, 0.3) is 5.91 Å². The van der Waals surface area contributed by atoms with Gasteiger partial charge < -0.3 is 5.11 Å². The van der Waals surface area contributed by atoms with Gasteiger partial charge in [0.05, 0.1) is 17.8 Å². The Morgan fingerprint density at radius 1 is 1.04 bits per heavy atom. The second-order valence-electron chi connectivity index (χ2n) is 8.85. The first-order chi connectivity index (χ1) is 12.9. The van der Waals surface area contributed by atoms with Gasteiger partial charge in [0.2, 0.25) is 0 Å². The van der Waals surface area contributed by atoms with Gasteiger partial charge in [-0.25, -0.2) is 5.43 Å². The van der Waals surface area contributed by atoms with Crippen molar-refractivity contribution in [2.24, 2.45) is 5.10 Å². The number of carbonyl (C=O) groups is 1. The summed E-state index contributed by atoms with van der Waals surface area (Å²) in [5, 5.41) is 23.6. The van der Waals surface area contributed by atoms with Crippen molar-refractivity contribution in [2.75, 3.05) is 0 Å². The molecule has 0 radical (unpaired) electrons. The van der Waals surface area contributed by atoms with Crippen LogP contribution in [0, 0.1) is 11.3 Å². The maximum absolute atomic E-state index is 12.7. The highest BCUT2D eigenvalue weighted by molar-refractivity contribution is 5.95. The van der Waals surface area contributed by atoms with Gasteiger partial charge in [-0.1, -0.05) is 53.7 Å². The molecule has 0 aromatic heterocycles. The number of hydrazone groups is 1. The lowest BCUT2D eigenvalue weighted by atomic mass is 9.78. The van der Waals surface area contributed by atoms with Crippen molar-refractivity contribution < 1.29 is 9.90 Å². The van der Waals surface area contributed by atoms with E-state index in [9.17, 15) is 9.90 Å². The summed E-state index contributed by atoms with van der Waals surface area (Å²) in [5.41, 5.74) is 5.14. The number of hydrogen-bond donors (Lipinski definition) is 2. The zero-order valence-electron chi connectivity index (χ0n) is 17.3. The molecule has 0 heterocycles. The van der Waals surface area contributed by atoms with Crippen LogP contribution in [-0.4, -0.2) is 17.2 Å². The van der Waals surface area contributed by atoms with Crippen LogP contribution in [0.5, 0.6) is 5.75 Å². The van der Waals surface area contributed by atoms with Gasteiger partial charge in [0.1, 0.15) is 5.75 Å². The van der Waals surface area contributed by atoms with E-state index in [1.54, 1.807) is 36.4 Å². The summed E-state index contributed by atoms with van der Waals surface area (Å²) in [7, 11) is 0. The summed E-state index contributed by atoms with van der Waals surface area (Å²) >= 11 is 0. The molecular formula is C23H27N3O2. The van der Waals surface area contributed by atoms with E-state index in [1.807, 2.05) is 41.5 Å². The topological polar surface area (TPSA) is 85.5 Å². The highest BCUT2D eigenvalue weighted by atomic mass is 16.3. The molecule has 0 bridgehead atoms. The first-order valence-electron chi connectivity index (χ1n) is 9.15. The molecule has 0 aliphatic carbocycles. The summed E-state index contributed by atoms with van der Waals surface area (Å²) in [6.07, 6.45) is 1.52. The van der Waals surface area contributed by atoms with Crippen LogP contribution < -0.4 is 5.43 Å². The Kier molecular flexibility index (Phi) is 5.94. The Morgan fingerprint density at radius 3 is 1.96 bits per heavy atom. The molecule has 2 rings (SSSR count). The van der Waals surface area contributed by atoms with Crippen molar-refractivity contribution in [1.29, 1.82) is 5.26 Å². The van der Waals surface area contributed by atoms with Crippen LogP contribution in [0.25, 0.3) is 0 Å². The number of nitrogens with zero attached hydrogens (tertiary/aromatic N) is 2. The predicted octanol–water partition coefficient (Wildman–Crippen LogP) is 4.62. The Balaban J connectivity index is 2.31. The molecule has 2 aromatic rings. The fourth-order valence-corrected chi connectivity index (χ4v) is 2.78. The number of benzene rings is 2. The van der Waals surface area contributed by atoms with Gasteiger partial charge in [0, 0.05) is 16.7 Å². The average Bonchev–Trinajstić information content (AvgIpc) is 2.60. The lowest BCUT2D eigenvalue weighted by Crippen LogP contribution is -2.22. The number of nitrogens with one attached hydrogen (secondary N) is 1. The molecule has 28 heavy (non-hydrogen) atoms. The van der Waals surface area contributed by atoms with E-state index >= 15 is 0 Å². The minimum atomic E-state index is -0.346. The van der Waals surface area contributed by atoms with Crippen molar-refractivity contribution in [3.63, 3.8) is 0 Å². The van der Waals surface area contributed by atoms with Crippen LogP contribution in [-0.2, 0) is 10.8 Å². The molecule has 0 atom stereocenters. The molecular weight excluding hydrogens is 350 g/mol. The van der Waals surface area contributed by atoms with E-state index in [0.717, 1.165) is 16.7 Å². The normalized spacial score (nSPS) is 12.0. The summed E-state index contributed by atoms with van der Waals surface area (Å²) in [4.78, 5) is 12.7. The van der Waals surface area contributed by atoms with Gasteiger partial charge in [0.15, 0.2) is 0 Å². The zero-order chi connectivity index (χ0) is 21.1. The van der Waals surface area contributed by atoms with Gasteiger partial charge in [-0.3, -0.25) is 4.79 Å². The van der Waals surface area contributed by atoms with E-state index in [2.05, 4.69) is 16.6 Å². The number of nitriles is 1. The van der Waals surface area contributed by atoms with Crippen LogP contribution in [0.2, 0.25) is 0 Å². The summed E-state index contributed by atoms with van der Waals surface area (Å²) in [5.74, 6) is -0.112. The quantitative estimate of drug-likeness (QED) is 0.604. The second-order valence-corrected chi connectivity index (χ2v) is 8.85. The van der Waals surface area contributed by atoms with E-state index in [-0.39, 0.29) is 22.5 Å². The number of aromatic hydroxyl groups is 1. The van der Waals surface area contributed by atoms with Crippen LogP contribution in [0.3, 0.4) is 0 Å². The van der Waals surface area contributed by atoms with Gasteiger partial charge in [-0.05, 0) is 40.7 Å². The molecule has 0 saturated heterocycles. The Labute approximate surface area is 166 Å². The van der Waals surface area contributed by atoms with Crippen molar-refractivity contribution in [3.8, 4) is 11.8 Å².